The third kappa shape index (κ3) is 5.31. The highest BCUT2D eigenvalue weighted by molar-refractivity contribution is 6.04. The number of carbonyl (C=O) groups is 2. The van der Waals surface area contributed by atoms with Crippen LogP contribution >= 0.6 is 0 Å². The summed E-state index contributed by atoms with van der Waals surface area (Å²) in [6, 6.07) is 11.7. The van der Waals surface area contributed by atoms with Gasteiger partial charge in [-0.2, -0.15) is 0 Å². The molecule has 0 aliphatic heterocycles. The van der Waals surface area contributed by atoms with E-state index in [0.717, 1.165) is 0 Å². The van der Waals surface area contributed by atoms with Gasteiger partial charge in [-0.25, -0.2) is 4.79 Å². The average Bonchev–Trinajstić information content (AvgIpc) is 2.56. The van der Waals surface area contributed by atoms with Crippen LogP contribution in [-0.2, 0) is 0 Å². The number of anilines is 2. The normalized spacial score (nSPS) is 10.2. The fourth-order valence-electron chi connectivity index (χ4n) is 2.03. The fraction of sp³-hybridized carbons (Fsp3) is 0.176. The molecule has 0 aromatic heterocycles. The molecule has 2 aromatic rings. The van der Waals surface area contributed by atoms with Gasteiger partial charge in [0.2, 0.25) is 0 Å². The molecule has 8 nitrogen and oxygen atoms in total. The van der Waals surface area contributed by atoms with Crippen LogP contribution in [0.15, 0.2) is 48.5 Å². The Kier molecular flexibility index (Phi) is 5.67. The fourth-order valence-corrected chi connectivity index (χ4v) is 2.03. The molecular formula is C17H18N4O4. The number of nitrogens with zero attached hydrogens (tertiary/aromatic N) is 1. The molecule has 0 bridgehead atoms. The van der Waals surface area contributed by atoms with Crippen molar-refractivity contribution in [2.45, 2.75) is 19.9 Å². The summed E-state index contributed by atoms with van der Waals surface area (Å²) in [5.41, 5.74) is 1.12. The Hall–Kier alpha value is -3.42. The molecule has 0 aliphatic carbocycles. The lowest BCUT2D eigenvalue weighted by atomic mass is 10.2. The number of nitro benzene ring substituents is 1. The minimum Gasteiger partial charge on any atom is -0.336 e. The smallest absolute Gasteiger partial charge is 0.319 e. The number of hydrogen-bond acceptors (Lipinski definition) is 4. The summed E-state index contributed by atoms with van der Waals surface area (Å²) in [6.45, 7) is 3.71. The second-order valence-corrected chi connectivity index (χ2v) is 5.59. The molecule has 0 spiro atoms. The van der Waals surface area contributed by atoms with E-state index in [1.165, 1.54) is 24.3 Å². The molecule has 3 N–H and O–H groups in total. The van der Waals surface area contributed by atoms with E-state index in [1.54, 1.807) is 24.3 Å². The van der Waals surface area contributed by atoms with Crippen LogP contribution in [-0.4, -0.2) is 22.9 Å². The number of amides is 3. The van der Waals surface area contributed by atoms with E-state index in [1.807, 2.05) is 13.8 Å². The largest absolute Gasteiger partial charge is 0.336 e. The molecule has 130 valence electrons. The zero-order chi connectivity index (χ0) is 18.4. The molecule has 25 heavy (non-hydrogen) atoms. The Morgan fingerprint density at radius 2 is 1.60 bits per heavy atom. The summed E-state index contributed by atoms with van der Waals surface area (Å²) in [5, 5.41) is 18.8. The Bertz CT molecular complexity index is 787. The third-order valence-electron chi connectivity index (χ3n) is 3.14. The monoisotopic (exact) mass is 342 g/mol. The Balaban J connectivity index is 2.01. The van der Waals surface area contributed by atoms with Crippen molar-refractivity contribution in [1.82, 2.24) is 5.32 Å². The van der Waals surface area contributed by atoms with Crippen molar-refractivity contribution in [3.05, 3.63) is 64.2 Å². The number of carbonyl (C=O) groups excluding carboxylic acids is 2. The van der Waals surface area contributed by atoms with Gasteiger partial charge in [0, 0.05) is 35.1 Å². The minimum absolute atomic E-state index is 0.0218. The van der Waals surface area contributed by atoms with Crippen LogP contribution in [0.25, 0.3) is 0 Å². The van der Waals surface area contributed by atoms with Crippen LogP contribution in [0, 0.1) is 10.1 Å². The maximum atomic E-state index is 12.2. The van der Waals surface area contributed by atoms with Gasteiger partial charge in [0.05, 0.1) is 4.92 Å². The van der Waals surface area contributed by atoms with E-state index < -0.39 is 10.8 Å². The van der Waals surface area contributed by atoms with Crippen LogP contribution in [0.1, 0.15) is 24.2 Å². The van der Waals surface area contributed by atoms with Crippen molar-refractivity contribution < 1.29 is 14.5 Å². The maximum Gasteiger partial charge on any atom is 0.319 e. The van der Waals surface area contributed by atoms with Gasteiger partial charge in [-0.15, -0.1) is 0 Å². The van der Waals surface area contributed by atoms with Gasteiger partial charge in [-0.1, -0.05) is 6.07 Å². The van der Waals surface area contributed by atoms with Crippen LogP contribution in [0.2, 0.25) is 0 Å². The van der Waals surface area contributed by atoms with Crippen LogP contribution in [0.5, 0.6) is 0 Å². The molecule has 0 heterocycles. The van der Waals surface area contributed by atoms with Crippen molar-refractivity contribution in [1.29, 1.82) is 0 Å². The lowest BCUT2D eigenvalue weighted by Gasteiger charge is -2.11. The Morgan fingerprint density at radius 1 is 1.00 bits per heavy atom. The van der Waals surface area contributed by atoms with Crippen LogP contribution in [0.4, 0.5) is 21.9 Å². The van der Waals surface area contributed by atoms with Gasteiger partial charge >= 0.3 is 6.03 Å². The third-order valence-corrected chi connectivity index (χ3v) is 3.14. The highest BCUT2D eigenvalue weighted by Crippen LogP contribution is 2.17. The van der Waals surface area contributed by atoms with Crippen molar-refractivity contribution in [3.63, 3.8) is 0 Å². The molecule has 0 atom stereocenters. The summed E-state index contributed by atoms with van der Waals surface area (Å²) >= 11 is 0. The Labute approximate surface area is 144 Å². The van der Waals surface area contributed by atoms with Crippen molar-refractivity contribution in [2.24, 2.45) is 0 Å². The number of hydrogen-bond donors (Lipinski definition) is 3. The van der Waals surface area contributed by atoms with Gasteiger partial charge < -0.3 is 16.0 Å². The first-order chi connectivity index (χ1) is 11.8. The maximum absolute atomic E-state index is 12.2. The molecule has 0 radical (unpaired) electrons. The molecule has 0 fully saturated rings. The van der Waals surface area contributed by atoms with Crippen LogP contribution < -0.4 is 16.0 Å². The number of non-ortho nitro benzene ring substituents is 1. The first kappa shape index (κ1) is 17.9. The van der Waals surface area contributed by atoms with E-state index >= 15 is 0 Å². The molecule has 0 saturated carbocycles. The SMILES string of the molecule is CC(C)NC(=O)Nc1ccc(NC(=O)c2cccc([N+](=O)[O-])c2)cc1. The van der Waals surface area contributed by atoms with E-state index in [4.69, 9.17) is 0 Å². The topological polar surface area (TPSA) is 113 Å². The summed E-state index contributed by atoms with van der Waals surface area (Å²) in [6.07, 6.45) is 0. The molecular weight excluding hydrogens is 324 g/mol. The van der Waals surface area contributed by atoms with Crippen LogP contribution in [0.3, 0.4) is 0 Å². The van der Waals surface area contributed by atoms with Gasteiger partial charge in [-0.3, -0.25) is 14.9 Å². The lowest BCUT2D eigenvalue weighted by molar-refractivity contribution is -0.384. The van der Waals surface area contributed by atoms with Crippen molar-refractivity contribution in [3.8, 4) is 0 Å². The molecule has 2 aromatic carbocycles. The molecule has 2 rings (SSSR count). The zero-order valence-corrected chi connectivity index (χ0v) is 13.8. The Morgan fingerprint density at radius 3 is 2.16 bits per heavy atom. The first-order valence-electron chi connectivity index (χ1n) is 7.58. The second-order valence-electron chi connectivity index (χ2n) is 5.59. The average molecular weight is 342 g/mol. The molecule has 3 amide bonds. The highest BCUT2D eigenvalue weighted by Gasteiger charge is 2.11. The zero-order valence-electron chi connectivity index (χ0n) is 13.8. The molecule has 0 aliphatic rings. The van der Waals surface area contributed by atoms with Crippen molar-refractivity contribution in [2.75, 3.05) is 10.6 Å². The number of nitro groups is 1. The van der Waals surface area contributed by atoms with E-state index in [9.17, 15) is 19.7 Å². The van der Waals surface area contributed by atoms with E-state index in [-0.39, 0.29) is 23.3 Å². The van der Waals surface area contributed by atoms with Crippen molar-refractivity contribution >= 4 is 29.0 Å². The predicted octanol–water partition coefficient (Wildman–Crippen LogP) is 3.38. The summed E-state index contributed by atoms with van der Waals surface area (Å²) < 4.78 is 0. The predicted molar refractivity (Wildman–Crippen MR) is 94.8 cm³/mol. The molecule has 0 unspecified atom stereocenters. The minimum atomic E-state index is -0.556. The highest BCUT2D eigenvalue weighted by atomic mass is 16.6. The van der Waals surface area contributed by atoms with Gasteiger partial charge in [0.1, 0.15) is 0 Å². The second kappa shape index (κ2) is 7.91. The molecule has 8 heteroatoms. The van der Waals surface area contributed by atoms with Gasteiger partial charge in [0.15, 0.2) is 0 Å². The number of urea groups is 1. The summed E-state index contributed by atoms with van der Waals surface area (Å²) in [5.74, 6) is -0.457. The summed E-state index contributed by atoms with van der Waals surface area (Å²) in [7, 11) is 0. The number of rotatable bonds is 5. The van der Waals surface area contributed by atoms with Gasteiger partial charge in [0.25, 0.3) is 11.6 Å². The quantitative estimate of drug-likeness (QED) is 0.571. The lowest BCUT2D eigenvalue weighted by Crippen LogP contribution is -2.34. The number of nitrogens with one attached hydrogen (secondary N) is 3. The summed E-state index contributed by atoms with van der Waals surface area (Å²) in [4.78, 5) is 34.0. The molecule has 0 saturated heterocycles. The van der Waals surface area contributed by atoms with E-state index in [0.29, 0.717) is 11.4 Å². The standard InChI is InChI=1S/C17H18N4O4/c1-11(2)18-17(23)20-14-8-6-13(7-9-14)19-16(22)12-4-3-5-15(10-12)21(24)25/h3-11H,1-2H3,(H,19,22)(H2,18,20,23). The van der Waals surface area contributed by atoms with Gasteiger partial charge in [-0.05, 0) is 44.2 Å². The number of benzene rings is 2. The first-order valence-corrected chi connectivity index (χ1v) is 7.58. The van der Waals surface area contributed by atoms with E-state index in [2.05, 4.69) is 16.0 Å².